The molecule has 2 heterocycles. The van der Waals surface area contributed by atoms with E-state index in [4.69, 9.17) is 0 Å². The van der Waals surface area contributed by atoms with E-state index in [1.54, 1.807) is 23.6 Å². The summed E-state index contributed by atoms with van der Waals surface area (Å²) in [5.74, 6) is -4.05. The molecule has 41 heavy (non-hydrogen) atoms. The van der Waals surface area contributed by atoms with Crippen LogP contribution in [0.25, 0.3) is 0 Å². The Morgan fingerprint density at radius 1 is 1.10 bits per heavy atom. The number of hydrogen-bond acceptors (Lipinski definition) is 7. The first-order chi connectivity index (χ1) is 19.2. The topological polar surface area (TPSA) is 134 Å². The molecule has 0 aliphatic carbocycles. The fraction of sp³-hybridized carbons (Fsp3) is 0.400. The number of sulfonamides is 1. The highest BCUT2D eigenvalue weighted by molar-refractivity contribution is 7.90. The Balaban J connectivity index is 1.84. The standard InChI is InChI=1S/C30H35N3O6S2/c1-19(2)17-30(28(36)37)18-23(25(34)32-41(38,39)22-9-7-6-8-10-22)24(26-31-15-16-40-26)33(30)27(35)20-11-13-21(14-12-20)29(3,4)5/h6-16,19,23-24H,17-18H2,1-5H3,(H,32,34)(H,36,37)/t23-,24+,30-/m0/s1. The van der Waals surface area contributed by atoms with E-state index < -0.39 is 45.3 Å². The maximum atomic E-state index is 14.3. The maximum Gasteiger partial charge on any atom is 0.329 e. The summed E-state index contributed by atoms with van der Waals surface area (Å²) >= 11 is 1.18. The first kappa shape index (κ1) is 30.4. The molecule has 4 rings (SSSR count). The molecule has 2 N–H and O–H groups in total. The van der Waals surface area contributed by atoms with Crippen LogP contribution in [0.15, 0.2) is 71.1 Å². The Morgan fingerprint density at radius 3 is 2.24 bits per heavy atom. The summed E-state index contributed by atoms with van der Waals surface area (Å²) in [7, 11) is -4.25. The Hall–Kier alpha value is -3.57. The van der Waals surface area contributed by atoms with E-state index in [-0.39, 0.29) is 34.6 Å². The van der Waals surface area contributed by atoms with Crippen molar-refractivity contribution in [2.24, 2.45) is 11.8 Å². The van der Waals surface area contributed by atoms with E-state index in [1.165, 1.54) is 46.7 Å². The highest BCUT2D eigenvalue weighted by atomic mass is 32.2. The fourth-order valence-corrected chi connectivity index (χ4v) is 7.33. The molecule has 0 radical (unpaired) electrons. The molecule has 0 spiro atoms. The lowest BCUT2D eigenvalue weighted by Crippen LogP contribution is -2.54. The lowest BCUT2D eigenvalue weighted by atomic mass is 9.83. The van der Waals surface area contributed by atoms with Crippen molar-refractivity contribution in [1.82, 2.24) is 14.6 Å². The number of nitrogens with one attached hydrogen (secondary N) is 1. The van der Waals surface area contributed by atoms with Gasteiger partial charge in [0.2, 0.25) is 5.91 Å². The number of nitrogens with zero attached hydrogens (tertiary/aromatic N) is 2. The number of carbonyl (C=O) groups is 3. The van der Waals surface area contributed by atoms with Crippen molar-refractivity contribution in [1.29, 1.82) is 0 Å². The molecular formula is C30H35N3O6S2. The second-order valence-corrected chi connectivity index (χ2v) is 14.5. The molecule has 1 aliphatic rings. The number of rotatable bonds is 8. The van der Waals surface area contributed by atoms with Crippen LogP contribution in [0.5, 0.6) is 0 Å². The van der Waals surface area contributed by atoms with Gasteiger partial charge in [0, 0.05) is 17.1 Å². The average molecular weight is 598 g/mol. The quantitative estimate of drug-likeness (QED) is 0.373. The third-order valence-corrected chi connectivity index (χ3v) is 9.58. The van der Waals surface area contributed by atoms with Crippen LogP contribution in [0.4, 0.5) is 0 Å². The van der Waals surface area contributed by atoms with E-state index >= 15 is 0 Å². The summed E-state index contributed by atoms with van der Waals surface area (Å²) in [5, 5.41) is 12.7. The molecule has 3 aromatic rings. The largest absolute Gasteiger partial charge is 0.479 e. The molecule has 0 unspecified atom stereocenters. The van der Waals surface area contributed by atoms with Gasteiger partial charge in [-0.15, -0.1) is 11.3 Å². The summed E-state index contributed by atoms with van der Waals surface area (Å²) in [6, 6.07) is 13.4. The van der Waals surface area contributed by atoms with Crippen molar-refractivity contribution in [2.45, 2.75) is 69.4 Å². The van der Waals surface area contributed by atoms with Crippen molar-refractivity contribution in [3.8, 4) is 0 Å². The van der Waals surface area contributed by atoms with Crippen molar-refractivity contribution < 1.29 is 27.9 Å². The number of aliphatic carboxylic acids is 1. The molecule has 1 saturated heterocycles. The van der Waals surface area contributed by atoms with Gasteiger partial charge in [-0.2, -0.15) is 0 Å². The van der Waals surface area contributed by atoms with Crippen LogP contribution in [0, 0.1) is 11.8 Å². The molecule has 9 nitrogen and oxygen atoms in total. The molecule has 1 aromatic heterocycles. The van der Waals surface area contributed by atoms with E-state index in [0.29, 0.717) is 5.01 Å². The van der Waals surface area contributed by atoms with Gasteiger partial charge >= 0.3 is 5.97 Å². The van der Waals surface area contributed by atoms with Gasteiger partial charge in [-0.05, 0) is 54.0 Å². The molecule has 1 fully saturated rings. The zero-order chi connectivity index (χ0) is 30.2. The summed E-state index contributed by atoms with van der Waals surface area (Å²) in [6.45, 7) is 9.84. The van der Waals surface area contributed by atoms with Crippen LogP contribution in [0.3, 0.4) is 0 Å². The number of benzene rings is 2. The predicted molar refractivity (Wildman–Crippen MR) is 156 cm³/mol. The van der Waals surface area contributed by atoms with Gasteiger partial charge in [-0.3, -0.25) is 9.59 Å². The van der Waals surface area contributed by atoms with Gasteiger partial charge in [0.05, 0.1) is 16.9 Å². The number of aromatic nitrogens is 1. The molecule has 11 heteroatoms. The average Bonchev–Trinajstić information content (AvgIpc) is 3.55. The Morgan fingerprint density at radius 2 is 1.73 bits per heavy atom. The lowest BCUT2D eigenvalue weighted by molar-refractivity contribution is -0.150. The van der Waals surface area contributed by atoms with Crippen LogP contribution >= 0.6 is 11.3 Å². The predicted octanol–water partition coefficient (Wildman–Crippen LogP) is 5.02. The van der Waals surface area contributed by atoms with Gasteiger partial charge in [0.15, 0.2) is 0 Å². The molecule has 1 aliphatic heterocycles. The van der Waals surface area contributed by atoms with Crippen molar-refractivity contribution in [3.63, 3.8) is 0 Å². The highest BCUT2D eigenvalue weighted by Gasteiger charge is 2.61. The van der Waals surface area contributed by atoms with Gasteiger partial charge in [0.25, 0.3) is 15.9 Å². The van der Waals surface area contributed by atoms with Gasteiger partial charge in [-0.25, -0.2) is 22.9 Å². The number of carboxylic acids is 1. The maximum absolute atomic E-state index is 14.3. The van der Waals surface area contributed by atoms with Gasteiger partial charge in [0.1, 0.15) is 10.5 Å². The van der Waals surface area contributed by atoms with Crippen LogP contribution < -0.4 is 4.72 Å². The third-order valence-electron chi connectivity index (χ3n) is 7.37. The highest BCUT2D eigenvalue weighted by Crippen LogP contribution is 2.51. The summed E-state index contributed by atoms with van der Waals surface area (Å²) < 4.78 is 28.3. The second kappa shape index (κ2) is 11.4. The van der Waals surface area contributed by atoms with E-state index in [1.807, 2.05) is 46.8 Å². The number of thiazole rings is 1. The molecule has 0 saturated carbocycles. The monoisotopic (exact) mass is 597 g/mol. The lowest BCUT2D eigenvalue weighted by Gasteiger charge is -2.38. The molecule has 2 amide bonds. The Labute approximate surface area is 244 Å². The molecule has 3 atom stereocenters. The number of amides is 2. The number of carboxylic acid groups (broad SMARTS) is 1. The normalized spacial score (nSPS) is 21.2. The third kappa shape index (κ3) is 6.06. The number of carbonyl (C=O) groups excluding carboxylic acids is 2. The van der Waals surface area contributed by atoms with Crippen LogP contribution in [0.1, 0.15) is 74.4 Å². The summed E-state index contributed by atoms with van der Waals surface area (Å²) in [4.78, 5) is 46.7. The minimum absolute atomic E-state index is 0.0608. The zero-order valence-corrected chi connectivity index (χ0v) is 25.3. The minimum atomic E-state index is -4.25. The number of likely N-dealkylation sites (tertiary alicyclic amines) is 1. The number of hydrogen-bond donors (Lipinski definition) is 2. The molecule has 218 valence electrons. The van der Waals surface area contributed by atoms with Crippen molar-refractivity contribution in [3.05, 3.63) is 82.3 Å². The van der Waals surface area contributed by atoms with Crippen LogP contribution in [-0.4, -0.2) is 46.7 Å². The first-order valence-corrected chi connectivity index (χ1v) is 15.7. The molecular weight excluding hydrogens is 562 g/mol. The SMILES string of the molecule is CC(C)C[C@@]1(C(=O)O)C[C@H](C(=O)NS(=O)(=O)c2ccccc2)[C@H](c2nccs2)N1C(=O)c1ccc(C(C)(C)C)cc1. The van der Waals surface area contributed by atoms with E-state index in [0.717, 1.165) is 5.56 Å². The van der Waals surface area contributed by atoms with Crippen LogP contribution in [0.2, 0.25) is 0 Å². The second-order valence-electron chi connectivity index (χ2n) is 11.8. The molecule has 0 bridgehead atoms. The van der Waals surface area contributed by atoms with Crippen molar-refractivity contribution >= 4 is 39.1 Å². The zero-order valence-electron chi connectivity index (χ0n) is 23.7. The van der Waals surface area contributed by atoms with E-state index in [9.17, 15) is 27.9 Å². The van der Waals surface area contributed by atoms with Gasteiger partial charge < -0.3 is 10.0 Å². The van der Waals surface area contributed by atoms with E-state index in [2.05, 4.69) is 9.71 Å². The van der Waals surface area contributed by atoms with Crippen LogP contribution in [-0.2, 0) is 25.0 Å². The van der Waals surface area contributed by atoms with Crippen molar-refractivity contribution in [2.75, 3.05) is 0 Å². The first-order valence-electron chi connectivity index (χ1n) is 13.4. The molecule has 2 aromatic carbocycles. The fourth-order valence-electron chi connectivity index (χ4n) is 5.49. The Bertz CT molecular complexity index is 1510. The minimum Gasteiger partial charge on any atom is -0.479 e. The van der Waals surface area contributed by atoms with Gasteiger partial charge in [-0.1, -0.05) is 65.0 Å². The summed E-state index contributed by atoms with van der Waals surface area (Å²) in [5.41, 5.74) is -0.661. The Kier molecular flexibility index (Phi) is 8.42. The smallest absolute Gasteiger partial charge is 0.329 e. The summed E-state index contributed by atoms with van der Waals surface area (Å²) in [6.07, 6.45) is 1.30.